The van der Waals surface area contributed by atoms with Gasteiger partial charge in [0.15, 0.2) is 11.0 Å². The molecule has 0 unspecified atom stereocenters. The number of anilines is 1. The molecule has 1 aliphatic heterocycles. The Hall–Kier alpha value is -3.24. The summed E-state index contributed by atoms with van der Waals surface area (Å²) < 4.78 is 14.8. The van der Waals surface area contributed by atoms with Gasteiger partial charge in [0.1, 0.15) is 17.5 Å². The van der Waals surface area contributed by atoms with E-state index in [9.17, 15) is 0 Å². The van der Waals surface area contributed by atoms with Crippen molar-refractivity contribution in [3.63, 3.8) is 0 Å². The Balaban J connectivity index is 1.33. The molecule has 0 radical (unpaired) electrons. The maximum Gasteiger partial charge on any atom is 0.186 e. The van der Waals surface area contributed by atoms with Crippen LogP contribution in [0.4, 0.5) is 5.13 Å². The molecular weight excluding hydrogens is 486 g/mol. The third kappa shape index (κ3) is 4.75. The van der Waals surface area contributed by atoms with Gasteiger partial charge in [-0.2, -0.15) is 0 Å². The summed E-state index contributed by atoms with van der Waals surface area (Å²) in [6.07, 6.45) is 5.96. The Morgan fingerprint density at radius 2 is 1.76 bits per heavy atom. The average Bonchev–Trinajstić information content (AvgIpc) is 3.62. The van der Waals surface area contributed by atoms with E-state index < -0.39 is 0 Å². The normalized spacial score (nSPS) is 18.3. The lowest BCUT2D eigenvalue weighted by Gasteiger charge is -2.39. The summed E-state index contributed by atoms with van der Waals surface area (Å²) in [6, 6.07) is 14.5. The highest BCUT2D eigenvalue weighted by Crippen LogP contribution is 2.39. The molecular formula is C27H33N7O2S. The van der Waals surface area contributed by atoms with E-state index in [4.69, 9.17) is 14.5 Å². The zero-order valence-electron chi connectivity index (χ0n) is 21.4. The smallest absolute Gasteiger partial charge is 0.186 e. The van der Waals surface area contributed by atoms with Crippen LogP contribution in [0.25, 0.3) is 10.2 Å². The van der Waals surface area contributed by atoms with Crippen molar-refractivity contribution in [1.82, 2.24) is 30.1 Å². The number of aromatic nitrogens is 5. The van der Waals surface area contributed by atoms with E-state index >= 15 is 0 Å². The molecule has 9 nitrogen and oxygen atoms in total. The maximum absolute atomic E-state index is 5.85. The van der Waals surface area contributed by atoms with Crippen molar-refractivity contribution < 1.29 is 9.47 Å². The lowest BCUT2D eigenvalue weighted by Crippen LogP contribution is -2.48. The van der Waals surface area contributed by atoms with Crippen LogP contribution >= 0.6 is 11.3 Å². The molecule has 1 saturated heterocycles. The van der Waals surface area contributed by atoms with Crippen molar-refractivity contribution in [3.8, 4) is 11.5 Å². The van der Waals surface area contributed by atoms with Crippen molar-refractivity contribution in [2.45, 2.75) is 44.2 Å². The number of hydrogen-bond acceptors (Lipinski definition) is 9. The van der Waals surface area contributed by atoms with Gasteiger partial charge in [-0.3, -0.25) is 4.90 Å². The topological polar surface area (TPSA) is 81.4 Å². The number of ether oxygens (including phenoxy) is 2. The average molecular weight is 520 g/mol. The van der Waals surface area contributed by atoms with Crippen LogP contribution in [-0.4, -0.2) is 70.5 Å². The molecule has 1 atom stereocenters. The van der Waals surface area contributed by atoms with Crippen LogP contribution in [0.3, 0.4) is 0 Å². The highest BCUT2D eigenvalue weighted by Gasteiger charge is 2.35. The van der Waals surface area contributed by atoms with E-state index in [2.05, 4.69) is 54.3 Å². The number of nitrogens with zero attached hydrogens (tertiary/aromatic N) is 7. The lowest BCUT2D eigenvalue weighted by molar-refractivity contribution is 0.190. The first-order chi connectivity index (χ1) is 18.2. The van der Waals surface area contributed by atoms with Gasteiger partial charge in [-0.05, 0) is 53.6 Å². The first kappa shape index (κ1) is 24.1. The minimum absolute atomic E-state index is 0.139. The van der Waals surface area contributed by atoms with Gasteiger partial charge in [-0.15, -0.1) is 5.10 Å². The third-order valence-corrected chi connectivity index (χ3v) is 8.74. The summed E-state index contributed by atoms with van der Waals surface area (Å²) in [4.78, 5) is 9.76. The quantitative estimate of drug-likeness (QED) is 0.347. The van der Waals surface area contributed by atoms with Crippen LogP contribution in [0.1, 0.15) is 55.6 Å². The van der Waals surface area contributed by atoms with Gasteiger partial charge in [0.25, 0.3) is 0 Å². The fourth-order valence-corrected chi connectivity index (χ4v) is 6.70. The molecule has 194 valence electrons. The van der Waals surface area contributed by atoms with E-state index in [-0.39, 0.29) is 6.04 Å². The van der Waals surface area contributed by atoms with E-state index in [0.29, 0.717) is 6.04 Å². The van der Waals surface area contributed by atoms with Crippen molar-refractivity contribution in [3.05, 3.63) is 53.9 Å². The van der Waals surface area contributed by atoms with Crippen LogP contribution in [-0.2, 0) is 0 Å². The maximum atomic E-state index is 5.85. The zero-order valence-corrected chi connectivity index (χ0v) is 22.2. The van der Waals surface area contributed by atoms with Gasteiger partial charge in [0, 0.05) is 31.7 Å². The highest BCUT2D eigenvalue weighted by molar-refractivity contribution is 7.22. The first-order valence-electron chi connectivity index (χ1n) is 13.1. The van der Waals surface area contributed by atoms with E-state index in [1.165, 1.54) is 24.0 Å². The predicted molar refractivity (Wildman–Crippen MR) is 145 cm³/mol. The molecule has 1 aliphatic carbocycles. The fraction of sp³-hybridized carbons (Fsp3) is 0.481. The van der Waals surface area contributed by atoms with Crippen molar-refractivity contribution in [1.29, 1.82) is 0 Å². The molecule has 6 rings (SSSR count). The molecule has 0 spiro atoms. The number of thiazole rings is 1. The van der Waals surface area contributed by atoms with E-state index in [0.717, 1.165) is 72.6 Å². The monoisotopic (exact) mass is 519 g/mol. The van der Waals surface area contributed by atoms with Gasteiger partial charge in [-0.1, -0.05) is 42.7 Å². The molecule has 37 heavy (non-hydrogen) atoms. The van der Waals surface area contributed by atoms with Crippen LogP contribution in [0.2, 0.25) is 0 Å². The predicted octanol–water partition coefficient (Wildman–Crippen LogP) is 4.72. The molecule has 0 N–H and O–H groups in total. The summed E-state index contributed by atoms with van der Waals surface area (Å²) in [5, 5.41) is 14.4. The zero-order chi connectivity index (χ0) is 25.2. The largest absolute Gasteiger partial charge is 0.497 e. The van der Waals surface area contributed by atoms with Crippen molar-refractivity contribution in [2.24, 2.45) is 0 Å². The van der Waals surface area contributed by atoms with Crippen LogP contribution in [0, 0.1) is 0 Å². The molecule has 10 heteroatoms. The van der Waals surface area contributed by atoms with Crippen LogP contribution in [0.5, 0.6) is 11.5 Å². The van der Waals surface area contributed by atoms with Gasteiger partial charge in [0.05, 0.1) is 30.5 Å². The molecule has 0 amide bonds. The van der Waals surface area contributed by atoms with Gasteiger partial charge < -0.3 is 14.4 Å². The number of para-hydroxylation sites is 1. The summed E-state index contributed by atoms with van der Waals surface area (Å²) >= 11 is 1.76. The number of methoxy groups -OCH3 is 2. The Morgan fingerprint density at radius 1 is 0.946 bits per heavy atom. The number of piperazine rings is 1. The molecule has 2 aromatic carbocycles. The summed E-state index contributed by atoms with van der Waals surface area (Å²) in [6.45, 7) is 3.48. The Kier molecular flexibility index (Phi) is 6.93. The van der Waals surface area contributed by atoms with Crippen LogP contribution < -0.4 is 14.4 Å². The number of rotatable bonds is 7. The standard InChI is InChI=1S/C27H33N7O2S/c1-35-20-12-13-23(36-2)21(18-20)25(26-29-30-31-34(26)19-8-4-3-5-9-19)32-14-16-33(17-15-32)27-28-22-10-6-7-11-24(22)37-27/h6-7,10-13,18-19,25H,3-5,8-9,14-17H2,1-2H3/t25-/m1/s1. The van der Waals surface area contributed by atoms with E-state index in [1.807, 2.05) is 18.2 Å². The van der Waals surface area contributed by atoms with Gasteiger partial charge in [0.2, 0.25) is 0 Å². The number of benzene rings is 2. The Labute approximate surface area is 221 Å². The highest BCUT2D eigenvalue weighted by atomic mass is 32.1. The Bertz CT molecular complexity index is 1310. The number of tetrazole rings is 1. The first-order valence-corrected chi connectivity index (χ1v) is 13.9. The second-order valence-corrected chi connectivity index (χ2v) is 10.8. The van der Waals surface area contributed by atoms with Gasteiger partial charge >= 0.3 is 0 Å². The number of fused-ring (bicyclic) bond motifs is 1. The third-order valence-electron chi connectivity index (χ3n) is 7.65. The lowest BCUT2D eigenvalue weighted by atomic mass is 9.94. The molecule has 2 aromatic heterocycles. The molecule has 2 fully saturated rings. The Morgan fingerprint density at radius 3 is 2.51 bits per heavy atom. The molecule has 0 bridgehead atoms. The SMILES string of the molecule is COc1ccc(OC)c([C@H](c2nnnn2C2CCCCC2)N2CCN(c3nc4ccccc4s3)CC2)c1. The molecule has 4 aromatic rings. The summed E-state index contributed by atoms with van der Waals surface area (Å²) in [5.74, 6) is 2.50. The van der Waals surface area contributed by atoms with Gasteiger partial charge in [-0.25, -0.2) is 9.67 Å². The minimum atomic E-state index is -0.139. The number of hydrogen-bond donors (Lipinski definition) is 0. The van der Waals surface area contributed by atoms with Crippen molar-refractivity contribution in [2.75, 3.05) is 45.3 Å². The molecule has 3 heterocycles. The minimum Gasteiger partial charge on any atom is -0.497 e. The fourth-order valence-electron chi connectivity index (χ4n) is 5.69. The second kappa shape index (κ2) is 10.6. The molecule has 1 saturated carbocycles. The van der Waals surface area contributed by atoms with Crippen LogP contribution in [0.15, 0.2) is 42.5 Å². The molecule has 2 aliphatic rings. The summed E-state index contributed by atoms with van der Waals surface area (Å²) in [5.41, 5.74) is 2.10. The second-order valence-electron chi connectivity index (χ2n) is 9.77. The van der Waals surface area contributed by atoms with Crippen molar-refractivity contribution >= 4 is 26.7 Å². The van der Waals surface area contributed by atoms with E-state index in [1.54, 1.807) is 25.6 Å². The summed E-state index contributed by atoms with van der Waals surface area (Å²) in [7, 11) is 3.42.